The van der Waals surface area contributed by atoms with Crippen molar-refractivity contribution in [3.63, 3.8) is 0 Å². The molecule has 1 fully saturated rings. The van der Waals surface area contributed by atoms with Crippen LogP contribution in [0.1, 0.15) is 16.8 Å². The molecule has 4 nitrogen and oxygen atoms in total. The first-order valence-corrected chi connectivity index (χ1v) is 4.99. The highest BCUT2D eigenvalue weighted by molar-refractivity contribution is 5.94. The predicted octanol–water partition coefficient (Wildman–Crippen LogP) is 0.476. The maximum atomic E-state index is 11.9. The molecule has 0 radical (unpaired) electrons. The average Bonchev–Trinajstić information content (AvgIpc) is 2.65. The van der Waals surface area contributed by atoms with E-state index in [9.17, 15) is 9.90 Å². The summed E-state index contributed by atoms with van der Waals surface area (Å²) in [6.45, 7) is 1.06. The van der Waals surface area contributed by atoms with Crippen LogP contribution in [0.2, 0.25) is 0 Å². The van der Waals surface area contributed by atoms with Crippen molar-refractivity contribution in [2.24, 2.45) is 0 Å². The van der Waals surface area contributed by atoms with Crippen LogP contribution >= 0.6 is 0 Å². The fraction of sp³-hybridized carbons (Fsp3) is 0.364. The maximum Gasteiger partial charge on any atom is 0.253 e. The van der Waals surface area contributed by atoms with E-state index in [0.29, 0.717) is 30.8 Å². The minimum absolute atomic E-state index is 0.0356. The van der Waals surface area contributed by atoms with Gasteiger partial charge in [0.25, 0.3) is 5.91 Å². The number of anilines is 1. The average molecular weight is 206 g/mol. The standard InChI is InChI=1S/C11H14N2O2/c12-9-3-1-8(2-4-9)11(15)13-6-5-10(14)7-13/h1-4,10,14H,5-7,12H2. The van der Waals surface area contributed by atoms with Crippen LogP contribution in [0.15, 0.2) is 24.3 Å². The third-order valence-corrected chi connectivity index (χ3v) is 2.61. The van der Waals surface area contributed by atoms with Gasteiger partial charge in [-0.2, -0.15) is 0 Å². The Labute approximate surface area is 88.3 Å². The van der Waals surface area contributed by atoms with Crippen molar-refractivity contribution in [1.82, 2.24) is 4.90 Å². The van der Waals surface area contributed by atoms with Crippen LogP contribution in [0.25, 0.3) is 0 Å². The van der Waals surface area contributed by atoms with Crippen molar-refractivity contribution >= 4 is 11.6 Å². The third kappa shape index (κ3) is 2.10. The molecule has 0 spiro atoms. The fourth-order valence-electron chi connectivity index (χ4n) is 1.73. The summed E-state index contributed by atoms with van der Waals surface area (Å²) in [5, 5.41) is 9.33. The zero-order valence-corrected chi connectivity index (χ0v) is 8.39. The first-order valence-electron chi connectivity index (χ1n) is 4.99. The molecular weight excluding hydrogens is 192 g/mol. The molecule has 2 rings (SSSR count). The minimum atomic E-state index is -0.372. The van der Waals surface area contributed by atoms with Gasteiger partial charge in [-0.1, -0.05) is 0 Å². The number of benzene rings is 1. The molecule has 15 heavy (non-hydrogen) atoms. The molecular formula is C11H14N2O2. The SMILES string of the molecule is Nc1ccc(C(=O)N2CCC(O)C2)cc1. The summed E-state index contributed by atoms with van der Waals surface area (Å²) in [6.07, 6.45) is 0.295. The van der Waals surface area contributed by atoms with Gasteiger partial charge < -0.3 is 15.7 Å². The van der Waals surface area contributed by atoms with Crippen LogP contribution in [0.3, 0.4) is 0 Å². The normalized spacial score (nSPS) is 20.6. The van der Waals surface area contributed by atoms with E-state index < -0.39 is 0 Å². The summed E-state index contributed by atoms with van der Waals surface area (Å²) >= 11 is 0. The summed E-state index contributed by atoms with van der Waals surface area (Å²) in [5.41, 5.74) is 6.81. The number of aliphatic hydroxyl groups excluding tert-OH is 1. The lowest BCUT2D eigenvalue weighted by Crippen LogP contribution is -2.29. The van der Waals surface area contributed by atoms with Gasteiger partial charge in [-0.05, 0) is 30.7 Å². The Balaban J connectivity index is 2.11. The van der Waals surface area contributed by atoms with Gasteiger partial charge in [0.05, 0.1) is 6.10 Å². The monoisotopic (exact) mass is 206 g/mol. The van der Waals surface area contributed by atoms with Crippen LogP contribution in [0.4, 0.5) is 5.69 Å². The number of likely N-dealkylation sites (tertiary alicyclic amines) is 1. The van der Waals surface area contributed by atoms with Crippen LogP contribution in [-0.2, 0) is 0 Å². The zero-order chi connectivity index (χ0) is 10.8. The Bertz CT molecular complexity index is 361. The molecule has 1 saturated heterocycles. The summed E-state index contributed by atoms with van der Waals surface area (Å²) in [7, 11) is 0. The number of aliphatic hydroxyl groups is 1. The molecule has 0 bridgehead atoms. The zero-order valence-electron chi connectivity index (χ0n) is 8.39. The molecule has 1 amide bonds. The maximum absolute atomic E-state index is 11.9. The van der Waals surface area contributed by atoms with E-state index in [2.05, 4.69) is 0 Å². The van der Waals surface area contributed by atoms with Crippen molar-refractivity contribution < 1.29 is 9.90 Å². The highest BCUT2D eigenvalue weighted by Gasteiger charge is 2.25. The first-order chi connectivity index (χ1) is 7.16. The number of nitrogens with two attached hydrogens (primary N) is 1. The Morgan fingerprint density at radius 3 is 2.60 bits per heavy atom. The van der Waals surface area contributed by atoms with E-state index in [0.717, 1.165) is 0 Å². The first kappa shape index (κ1) is 9.98. The van der Waals surface area contributed by atoms with E-state index in [1.807, 2.05) is 0 Å². The number of hydrogen-bond acceptors (Lipinski definition) is 3. The number of carbonyl (C=O) groups is 1. The van der Waals surface area contributed by atoms with Gasteiger partial charge in [-0.25, -0.2) is 0 Å². The highest BCUT2D eigenvalue weighted by Crippen LogP contribution is 2.14. The van der Waals surface area contributed by atoms with Crippen molar-refractivity contribution in [2.75, 3.05) is 18.8 Å². The lowest BCUT2D eigenvalue weighted by Gasteiger charge is -2.15. The summed E-state index contributed by atoms with van der Waals surface area (Å²) in [4.78, 5) is 13.5. The van der Waals surface area contributed by atoms with Crippen LogP contribution < -0.4 is 5.73 Å². The highest BCUT2D eigenvalue weighted by atomic mass is 16.3. The van der Waals surface area contributed by atoms with Crippen molar-refractivity contribution in [1.29, 1.82) is 0 Å². The largest absolute Gasteiger partial charge is 0.399 e. The number of hydrogen-bond donors (Lipinski definition) is 2. The Morgan fingerprint density at radius 2 is 2.07 bits per heavy atom. The molecule has 1 aliphatic rings. The number of β-amino-alcohol motifs (C(OH)–C–C–N with tert-alkyl or cyclic N) is 1. The van der Waals surface area contributed by atoms with Crippen molar-refractivity contribution in [2.45, 2.75) is 12.5 Å². The second kappa shape index (κ2) is 3.90. The summed E-state index contributed by atoms with van der Waals surface area (Å²) in [5.74, 6) is -0.0356. The number of rotatable bonds is 1. The summed E-state index contributed by atoms with van der Waals surface area (Å²) in [6, 6.07) is 6.84. The Hall–Kier alpha value is -1.55. The molecule has 1 atom stereocenters. The number of nitrogens with zero attached hydrogens (tertiary/aromatic N) is 1. The van der Waals surface area contributed by atoms with Gasteiger partial charge in [0.1, 0.15) is 0 Å². The topological polar surface area (TPSA) is 66.6 Å². The minimum Gasteiger partial charge on any atom is -0.399 e. The van der Waals surface area contributed by atoms with Crippen LogP contribution in [0, 0.1) is 0 Å². The van der Waals surface area contributed by atoms with E-state index in [4.69, 9.17) is 5.73 Å². The molecule has 3 N–H and O–H groups in total. The second-order valence-corrected chi connectivity index (χ2v) is 3.82. The molecule has 1 unspecified atom stereocenters. The van der Waals surface area contributed by atoms with Gasteiger partial charge in [0.2, 0.25) is 0 Å². The van der Waals surface area contributed by atoms with Gasteiger partial charge in [-0.3, -0.25) is 4.79 Å². The molecule has 4 heteroatoms. The molecule has 0 aliphatic carbocycles. The van der Waals surface area contributed by atoms with E-state index >= 15 is 0 Å². The molecule has 1 aliphatic heterocycles. The fourth-order valence-corrected chi connectivity index (χ4v) is 1.73. The molecule has 1 aromatic carbocycles. The lowest BCUT2D eigenvalue weighted by molar-refractivity contribution is 0.0765. The number of nitrogen functional groups attached to an aromatic ring is 1. The van der Waals surface area contributed by atoms with Gasteiger partial charge in [-0.15, -0.1) is 0 Å². The van der Waals surface area contributed by atoms with E-state index in [1.165, 1.54) is 0 Å². The van der Waals surface area contributed by atoms with Gasteiger partial charge in [0.15, 0.2) is 0 Å². The lowest BCUT2D eigenvalue weighted by atomic mass is 10.2. The smallest absolute Gasteiger partial charge is 0.253 e. The van der Waals surface area contributed by atoms with Gasteiger partial charge >= 0.3 is 0 Å². The van der Waals surface area contributed by atoms with E-state index in [1.54, 1.807) is 29.2 Å². The Morgan fingerprint density at radius 1 is 1.40 bits per heavy atom. The van der Waals surface area contributed by atoms with Crippen molar-refractivity contribution in [3.05, 3.63) is 29.8 Å². The molecule has 1 heterocycles. The predicted molar refractivity (Wildman–Crippen MR) is 57.4 cm³/mol. The van der Waals surface area contributed by atoms with Gasteiger partial charge in [0, 0.05) is 24.3 Å². The van der Waals surface area contributed by atoms with Crippen LogP contribution in [-0.4, -0.2) is 35.1 Å². The van der Waals surface area contributed by atoms with E-state index in [-0.39, 0.29) is 12.0 Å². The molecule has 0 saturated carbocycles. The number of amides is 1. The third-order valence-electron chi connectivity index (χ3n) is 2.61. The van der Waals surface area contributed by atoms with Crippen LogP contribution in [0.5, 0.6) is 0 Å². The molecule has 80 valence electrons. The summed E-state index contributed by atoms with van der Waals surface area (Å²) < 4.78 is 0. The second-order valence-electron chi connectivity index (χ2n) is 3.82. The number of carbonyl (C=O) groups excluding carboxylic acids is 1. The molecule has 0 aromatic heterocycles. The Kier molecular flexibility index (Phi) is 2.60. The quantitative estimate of drug-likeness (QED) is 0.657. The van der Waals surface area contributed by atoms with Crippen molar-refractivity contribution in [3.8, 4) is 0 Å². The molecule has 1 aromatic rings.